The Hall–Kier alpha value is -3.28. The molecule has 1 amide bonds. The molecule has 0 atom stereocenters. The zero-order chi connectivity index (χ0) is 20.1. The molecule has 138 valence electrons. The van der Waals surface area contributed by atoms with E-state index in [-0.39, 0.29) is 32.6 Å². The van der Waals surface area contributed by atoms with E-state index in [0.717, 1.165) is 12.1 Å². The summed E-state index contributed by atoms with van der Waals surface area (Å²) in [7, 11) is 1.21. The molecule has 2 rings (SSSR count). The number of carbonyl (C=O) groups is 1. The third-order valence-corrected chi connectivity index (χ3v) is 4.19. The van der Waals surface area contributed by atoms with E-state index in [1.807, 2.05) is 0 Å². The van der Waals surface area contributed by atoms with Crippen molar-refractivity contribution in [2.24, 2.45) is 0 Å². The summed E-state index contributed by atoms with van der Waals surface area (Å²) in [6.07, 6.45) is 1.11. The molecule has 0 bridgehead atoms. The molecule has 2 aromatic rings. The molecule has 0 radical (unpaired) electrons. The molecule has 0 saturated heterocycles. The first-order valence-electron chi connectivity index (χ1n) is 7.21. The van der Waals surface area contributed by atoms with Gasteiger partial charge in [-0.1, -0.05) is 29.3 Å². The van der Waals surface area contributed by atoms with Crippen LogP contribution in [0.15, 0.2) is 35.9 Å². The van der Waals surface area contributed by atoms with Gasteiger partial charge in [-0.15, -0.1) is 0 Å². The topological polar surface area (TPSA) is 125 Å². The van der Waals surface area contributed by atoms with Gasteiger partial charge in [0.15, 0.2) is 5.75 Å². The predicted octanol–water partition coefficient (Wildman–Crippen LogP) is 4.16. The molecule has 0 unspecified atom stereocenters. The average molecular weight is 408 g/mol. The standard InChI is InChI=1S/C17H11Cl2N3O5/c1-27-14-7-9(6-13(16(14)23)22(25)26)5-10(8-20)17(24)21-12-4-2-3-11(18)15(12)19/h2-7,23H,1H3,(H,21,24)/b10-5-. The number of carbonyl (C=O) groups excluding carboxylic acids is 1. The number of phenols is 1. The van der Waals surface area contributed by atoms with Gasteiger partial charge in [0.05, 0.1) is 27.8 Å². The van der Waals surface area contributed by atoms with Gasteiger partial charge in [0, 0.05) is 6.07 Å². The molecular weight excluding hydrogens is 397 g/mol. The number of phenolic OH excluding ortho intramolecular Hbond substituents is 1. The largest absolute Gasteiger partial charge is 0.500 e. The minimum Gasteiger partial charge on any atom is -0.500 e. The lowest BCUT2D eigenvalue weighted by atomic mass is 10.1. The minimum atomic E-state index is -0.812. The number of nitrogens with zero attached hydrogens (tertiary/aromatic N) is 2. The molecule has 0 saturated carbocycles. The van der Waals surface area contributed by atoms with Crippen molar-refractivity contribution < 1.29 is 19.6 Å². The number of nitriles is 1. The second-order valence-electron chi connectivity index (χ2n) is 5.07. The van der Waals surface area contributed by atoms with E-state index in [1.54, 1.807) is 12.1 Å². The molecule has 0 aliphatic carbocycles. The summed E-state index contributed by atoms with van der Waals surface area (Å²) >= 11 is 11.9. The minimum absolute atomic E-state index is 0.103. The number of hydrogen-bond donors (Lipinski definition) is 2. The highest BCUT2D eigenvalue weighted by molar-refractivity contribution is 6.44. The third-order valence-electron chi connectivity index (χ3n) is 3.37. The first-order valence-corrected chi connectivity index (χ1v) is 7.96. The molecule has 0 aromatic heterocycles. The van der Waals surface area contributed by atoms with Crippen LogP contribution in [0.25, 0.3) is 6.08 Å². The fraction of sp³-hybridized carbons (Fsp3) is 0.0588. The van der Waals surface area contributed by atoms with E-state index in [4.69, 9.17) is 27.9 Å². The van der Waals surface area contributed by atoms with Crippen molar-refractivity contribution in [2.75, 3.05) is 12.4 Å². The number of rotatable bonds is 5. The van der Waals surface area contributed by atoms with Crippen molar-refractivity contribution >= 4 is 46.6 Å². The fourth-order valence-corrected chi connectivity index (χ4v) is 2.44. The molecule has 0 heterocycles. The molecule has 10 heteroatoms. The Labute approximate surface area is 163 Å². The maximum Gasteiger partial charge on any atom is 0.315 e. The van der Waals surface area contributed by atoms with E-state index in [2.05, 4.69) is 5.32 Å². The van der Waals surface area contributed by atoms with Crippen LogP contribution in [0.2, 0.25) is 10.0 Å². The van der Waals surface area contributed by atoms with Crippen LogP contribution >= 0.6 is 23.2 Å². The summed E-state index contributed by atoms with van der Waals surface area (Å²) in [5, 5.41) is 32.8. The average Bonchev–Trinajstić information content (AvgIpc) is 2.64. The fourth-order valence-electron chi connectivity index (χ4n) is 2.10. The molecule has 2 N–H and O–H groups in total. The van der Waals surface area contributed by atoms with Crippen molar-refractivity contribution in [3.05, 3.63) is 61.6 Å². The molecule has 8 nitrogen and oxygen atoms in total. The smallest absolute Gasteiger partial charge is 0.315 e. The quantitative estimate of drug-likeness (QED) is 0.331. The van der Waals surface area contributed by atoms with Crippen molar-refractivity contribution in [1.82, 2.24) is 0 Å². The van der Waals surface area contributed by atoms with Crippen LogP contribution in [0.3, 0.4) is 0 Å². The zero-order valence-electron chi connectivity index (χ0n) is 13.7. The van der Waals surface area contributed by atoms with E-state index in [1.165, 1.54) is 25.3 Å². The summed E-state index contributed by atoms with van der Waals surface area (Å²) in [5.74, 6) is -1.63. The lowest BCUT2D eigenvalue weighted by Crippen LogP contribution is -2.13. The van der Waals surface area contributed by atoms with Crippen molar-refractivity contribution in [1.29, 1.82) is 5.26 Å². The SMILES string of the molecule is COc1cc(/C=C(/C#N)C(=O)Nc2cccc(Cl)c2Cl)cc([N+](=O)[O-])c1O. The van der Waals surface area contributed by atoms with E-state index >= 15 is 0 Å². The van der Waals surface area contributed by atoms with Gasteiger partial charge in [-0.05, 0) is 29.8 Å². The highest BCUT2D eigenvalue weighted by atomic mass is 35.5. The maximum absolute atomic E-state index is 12.3. The normalized spacial score (nSPS) is 10.8. The number of ether oxygens (including phenoxy) is 1. The highest BCUT2D eigenvalue weighted by Crippen LogP contribution is 2.37. The van der Waals surface area contributed by atoms with Crippen LogP contribution in [0.4, 0.5) is 11.4 Å². The zero-order valence-corrected chi connectivity index (χ0v) is 15.2. The number of nitrogens with one attached hydrogen (secondary N) is 1. The molecular formula is C17H11Cl2N3O5. The second kappa shape index (κ2) is 8.40. The Balaban J connectivity index is 2.42. The van der Waals surface area contributed by atoms with Gasteiger partial charge >= 0.3 is 5.69 Å². The van der Waals surface area contributed by atoms with E-state index in [0.29, 0.717) is 0 Å². The summed E-state index contributed by atoms with van der Waals surface area (Å²) in [4.78, 5) is 22.6. The van der Waals surface area contributed by atoms with E-state index < -0.39 is 22.3 Å². The van der Waals surface area contributed by atoms with Gasteiger partial charge in [-0.25, -0.2) is 0 Å². The number of amides is 1. The first-order chi connectivity index (χ1) is 12.8. The van der Waals surface area contributed by atoms with Crippen molar-refractivity contribution in [3.8, 4) is 17.6 Å². The highest BCUT2D eigenvalue weighted by Gasteiger charge is 2.20. The Morgan fingerprint density at radius 2 is 2.11 bits per heavy atom. The summed E-state index contributed by atoms with van der Waals surface area (Å²) in [5.41, 5.74) is -0.672. The lowest BCUT2D eigenvalue weighted by Gasteiger charge is -2.08. The van der Waals surface area contributed by atoms with Crippen molar-refractivity contribution in [3.63, 3.8) is 0 Å². The molecule has 0 aliphatic heterocycles. The maximum atomic E-state index is 12.3. The number of hydrogen-bond acceptors (Lipinski definition) is 6. The van der Waals surface area contributed by atoms with Gasteiger partial charge in [-0.3, -0.25) is 14.9 Å². The summed E-state index contributed by atoms with van der Waals surface area (Å²) < 4.78 is 4.88. The van der Waals surface area contributed by atoms with Gasteiger partial charge in [0.1, 0.15) is 11.6 Å². The predicted molar refractivity (Wildman–Crippen MR) is 100.0 cm³/mol. The first kappa shape index (κ1) is 20.0. The molecule has 0 aliphatic rings. The Morgan fingerprint density at radius 1 is 1.41 bits per heavy atom. The van der Waals surface area contributed by atoms with Crippen LogP contribution in [-0.4, -0.2) is 23.0 Å². The number of aromatic hydroxyl groups is 1. The van der Waals surface area contributed by atoms with Crippen LogP contribution in [0, 0.1) is 21.4 Å². The summed E-state index contributed by atoms with van der Waals surface area (Å²) in [6.45, 7) is 0. The Bertz CT molecular complexity index is 999. The van der Waals surface area contributed by atoms with Gasteiger partial charge in [0.25, 0.3) is 5.91 Å². The third kappa shape index (κ3) is 4.47. The van der Waals surface area contributed by atoms with Crippen LogP contribution in [0.1, 0.15) is 5.56 Å². The Kier molecular flexibility index (Phi) is 6.23. The molecule has 0 spiro atoms. The van der Waals surface area contributed by atoms with Crippen molar-refractivity contribution in [2.45, 2.75) is 0 Å². The number of anilines is 1. The summed E-state index contributed by atoms with van der Waals surface area (Å²) in [6, 6.07) is 8.55. The number of nitro benzene ring substituents is 1. The van der Waals surface area contributed by atoms with Gasteiger partial charge in [-0.2, -0.15) is 5.26 Å². The number of halogens is 2. The number of nitro groups is 1. The van der Waals surface area contributed by atoms with E-state index in [9.17, 15) is 25.3 Å². The molecule has 2 aromatic carbocycles. The lowest BCUT2D eigenvalue weighted by molar-refractivity contribution is -0.386. The Morgan fingerprint density at radius 3 is 2.70 bits per heavy atom. The van der Waals surface area contributed by atoms with Crippen LogP contribution < -0.4 is 10.1 Å². The van der Waals surface area contributed by atoms with Crippen LogP contribution in [0.5, 0.6) is 11.5 Å². The van der Waals surface area contributed by atoms with Gasteiger partial charge in [0.2, 0.25) is 5.75 Å². The molecule has 27 heavy (non-hydrogen) atoms. The number of methoxy groups -OCH3 is 1. The van der Waals surface area contributed by atoms with Crippen LogP contribution in [-0.2, 0) is 4.79 Å². The van der Waals surface area contributed by atoms with Gasteiger partial charge < -0.3 is 15.2 Å². The second-order valence-corrected chi connectivity index (χ2v) is 5.86. The molecule has 0 fully saturated rings. The number of benzene rings is 2. The monoisotopic (exact) mass is 407 g/mol.